The van der Waals surface area contributed by atoms with Crippen molar-refractivity contribution < 1.29 is 4.74 Å². The molecule has 1 aliphatic rings. The van der Waals surface area contributed by atoms with Gasteiger partial charge in [0.25, 0.3) is 0 Å². The summed E-state index contributed by atoms with van der Waals surface area (Å²) in [6.07, 6.45) is 1.63. The van der Waals surface area contributed by atoms with Gasteiger partial charge in [-0.1, -0.05) is 19.1 Å². The van der Waals surface area contributed by atoms with Gasteiger partial charge in [0.15, 0.2) is 4.60 Å². The highest BCUT2D eigenvalue weighted by molar-refractivity contribution is 9.10. The van der Waals surface area contributed by atoms with Gasteiger partial charge >= 0.3 is 0 Å². The number of aromatic nitrogens is 3. The molecule has 5 nitrogen and oxygen atoms in total. The van der Waals surface area contributed by atoms with Crippen molar-refractivity contribution in [2.75, 3.05) is 6.54 Å². The van der Waals surface area contributed by atoms with Gasteiger partial charge in [0.1, 0.15) is 0 Å². The van der Waals surface area contributed by atoms with Crippen LogP contribution in [0.15, 0.2) is 4.60 Å². The van der Waals surface area contributed by atoms with E-state index in [4.69, 9.17) is 4.74 Å². The standard InChI is InChI=1S/C14H25BrN4O/c1-6-7-16-12(13-14(15)17-18-19(13)5)11-8(2)9(3)20-10(11)4/h8-12,16H,6-7H2,1-5H3. The summed E-state index contributed by atoms with van der Waals surface area (Å²) in [5, 5.41) is 11.9. The Bertz CT molecular complexity index is 431. The van der Waals surface area contributed by atoms with Crippen LogP contribution in [0.25, 0.3) is 0 Å². The number of aryl methyl sites for hydroxylation is 1. The molecule has 0 spiro atoms. The number of nitrogens with zero attached hydrogens (tertiary/aromatic N) is 3. The average Bonchev–Trinajstić information content (AvgIpc) is 2.85. The van der Waals surface area contributed by atoms with E-state index in [-0.39, 0.29) is 12.1 Å². The SMILES string of the molecule is CCCNC(c1c(Br)nnn1C)C1C(C)OC(C)C1C. The van der Waals surface area contributed by atoms with Gasteiger partial charge in [-0.05, 0) is 48.7 Å². The topological polar surface area (TPSA) is 52.0 Å². The Kier molecular flexibility index (Phi) is 5.20. The summed E-state index contributed by atoms with van der Waals surface area (Å²) in [6, 6.07) is 0.208. The molecule has 0 aliphatic carbocycles. The van der Waals surface area contributed by atoms with Crippen molar-refractivity contribution in [2.45, 2.75) is 52.4 Å². The van der Waals surface area contributed by atoms with Crippen molar-refractivity contribution in [3.8, 4) is 0 Å². The Morgan fingerprint density at radius 2 is 2.05 bits per heavy atom. The summed E-state index contributed by atoms with van der Waals surface area (Å²) in [5.41, 5.74) is 1.11. The molecule has 2 rings (SSSR count). The number of nitrogens with one attached hydrogen (secondary N) is 1. The summed E-state index contributed by atoms with van der Waals surface area (Å²) in [6.45, 7) is 9.77. The molecular weight excluding hydrogens is 320 g/mol. The minimum absolute atomic E-state index is 0.208. The van der Waals surface area contributed by atoms with Crippen LogP contribution in [0.1, 0.15) is 45.9 Å². The second-order valence-corrected chi connectivity index (χ2v) is 6.55. The Balaban J connectivity index is 2.33. The van der Waals surface area contributed by atoms with E-state index < -0.39 is 0 Å². The van der Waals surface area contributed by atoms with Crippen LogP contribution >= 0.6 is 15.9 Å². The van der Waals surface area contributed by atoms with Gasteiger partial charge in [-0.25, -0.2) is 4.68 Å². The first-order valence-electron chi connectivity index (χ1n) is 7.41. The van der Waals surface area contributed by atoms with Crippen LogP contribution < -0.4 is 5.32 Å². The number of hydrogen-bond donors (Lipinski definition) is 1. The van der Waals surface area contributed by atoms with Crippen molar-refractivity contribution >= 4 is 15.9 Å². The molecule has 0 saturated carbocycles. The van der Waals surface area contributed by atoms with Crippen LogP contribution in [0.5, 0.6) is 0 Å². The molecule has 114 valence electrons. The van der Waals surface area contributed by atoms with E-state index in [2.05, 4.69) is 59.3 Å². The van der Waals surface area contributed by atoms with Crippen molar-refractivity contribution in [1.82, 2.24) is 20.3 Å². The monoisotopic (exact) mass is 344 g/mol. The van der Waals surface area contributed by atoms with E-state index >= 15 is 0 Å². The molecule has 1 aromatic heterocycles. The van der Waals surface area contributed by atoms with Crippen LogP contribution in [0.2, 0.25) is 0 Å². The van der Waals surface area contributed by atoms with E-state index in [1.165, 1.54) is 0 Å². The van der Waals surface area contributed by atoms with Gasteiger partial charge < -0.3 is 10.1 Å². The third-order valence-corrected chi connectivity index (χ3v) is 5.00. The van der Waals surface area contributed by atoms with E-state index in [0.717, 1.165) is 23.3 Å². The summed E-state index contributed by atoms with van der Waals surface area (Å²) in [7, 11) is 1.95. The third kappa shape index (κ3) is 2.92. The molecule has 0 bridgehead atoms. The maximum absolute atomic E-state index is 6.02. The molecule has 20 heavy (non-hydrogen) atoms. The zero-order chi connectivity index (χ0) is 14.9. The number of ether oxygens (including phenoxy) is 1. The number of rotatable bonds is 5. The van der Waals surface area contributed by atoms with Gasteiger partial charge in [-0.3, -0.25) is 0 Å². The molecule has 0 radical (unpaired) electrons. The lowest BCUT2D eigenvalue weighted by Crippen LogP contribution is -2.36. The molecule has 1 saturated heterocycles. The van der Waals surface area contributed by atoms with Gasteiger partial charge in [0.05, 0.1) is 23.9 Å². The van der Waals surface area contributed by atoms with Crippen molar-refractivity contribution in [3.05, 3.63) is 10.3 Å². The first-order valence-corrected chi connectivity index (χ1v) is 8.20. The summed E-state index contributed by atoms with van der Waals surface area (Å²) >= 11 is 3.54. The second kappa shape index (κ2) is 6.54. The van der Waals surface area contributed by atoms with Crippen molar-refractivity contribution in [3.63, 3.8) is 0 Å². The molecular formula is C14H25BrN4O. The first kappa shape index (κ1) is 15.9. The Labute approximate surface area is 129 Å². The number of halogens is 1. The normalized spacial score (nSPS) is 31.7. The summed E-state index contributed by atoms with van der Waals surface area (Å²) in [4.78, 5) is 0. The molecule has 0 aromatic carbocycles. The maximum atomic E-state index is 6.02. The van der Waals surface area contributed by atoms with Crippen LogP contribution in [-0.2, 0) is 11.8 Å². The van der Waals surface area contributed by atoms with Gasteiger partial charge in [-0.2, -0.15) is 0 Å². The maximum Gasteiger partial charge on any atom is 0.153 e. The lowest BCUT2D eigenvalue weighted by molar-refractivity contribution is 0.0471. The molecule has 1 aromatic rings. The van der Waals surface area contributed by atoms with Crippen molar-refractivity contribution in [1.29, 1.82) is 0 Å². The largest absolute Gasteiger partial charge is 0.375 e. The fourth-order valence-electron chi connectivity index (χ4n) is 3.25. The third-order valence-electron chi connectivity index (χ3n) is 4.44. The summed E-state index contributed by atoms with van der Waals surface area (Å²) < 4.78 is 8.71. The highest BCUT2D eigenvalue weighted by Crippen LogP contribution is 2.41. The molecule has 1 fully saturated rings. The fourth-order valence-corrected chi connectivity index (χ4v) is 3.83. The lowest BCUT2D eigenvalue weighted by atomic mass is 9.82. The second-order valence-electron chi connectivity index (χ2n) is 5.80. The van der Waals surface area contributed by atoms with Crippen LogP contribution in [0.4, 0.5) is 0 Å². The van der Waals surface area contributed by atoms with Crippen LogP contribution in [0, 0.1) is 11.8 Å². The Hall–Kier alpha value is -0.460. The van der Waals surface area contributed by atoms with E-state index in [0.29, 0.717) is 17.9 Å². The predicted molar refractivity (Wildman–Crippen MR) is 82.4 cm³/mol. The molecule has 6 heteroatoms. The minimum Gasteiger partial charge on any atom is -0.375 e. The van der Waals surface area contributed by atoms with Crippen LogP contribution in [0.3, 0.4) is 0 Å². The van der Waals surface area contributed by atoms with Gasteiger partial charge in [0, 0.05) is 13.0 Å². The molecule has 1 N–H and O–H groups in total. The molecule has 0 amide bonds. The minimum atomic E-state index is 0.208. The Morgan fingerprint density at radius 3 is 2.50 bits per heavy atom. The van der Waals surface area contributed by atoms with Gasteiger partial charge in [-0.15, -0.1) is 5.10 Å². The highest BCUT2D eigenvalue weighted by Gasteiger charge is 2.43. The van der Waals surface area contributed by atoms with Crippen LogP contribution in [-0.4, -0.2) is 33.7 Å². The number of hydrogen-bond acceptors (Lipinski definition) is 4. The van der Waals surface area contributed by atoms with E-state index in [9.17, 15) is 0 Å². The zero-order valence-electron chi connectivity index (χ0n) is 12.9. The molecule has 5 atom stereocenters. The average molecular weight is 345 g/mol. The zero-order valence-corrected chi connectivity index (χ0v) is 14.5. The fraction of sp³-hybridized carbons (Fsp3) is 0.857. The highest BCUT2D eigenvalue weighted by atomic mass is 79.9. The quantitative estimate of drug-likeness (QED) is 0.892. The van der Waals surface area contributed by atoms with Gasteiger partial charge in [0.2, 0.25) is 0 Å². The smallest absolute Gasteiger partial charge is 0.153 e. The van der Waals surface area contributed by atoms with E-state index in [1.807, 2.05) is 11.7 Å². The molecule has 2 heterocycles. The molecule has 5 unspecified atom stereocenters. The van der Waals surface area contributed by atoms with E-state index in [1.54, 1.807) is 0 Å². The summed E-state index contributed by atoms with van der Waals surface area (Å²) in [5.74, 6) is 0.922. The first-order chi connectivity index (χ1) is 9.47. The van der Waals surface area contributed by atoms with Crippen molar-refractivity contribution in [2.24, 2.45) is 18.9 Å². The molecule has 1 aliphatic heterocycles. The predicted octanol–water partition coefficient (Wildman–Crippen LogP) is 2.68. The Morgan fingerprint density at radius 1 is 1.35 bits per heavy atom. The lowest BCUT2D eigenvalue weighted by Gasteiger charge is -2.30.